The van der Waals surface area contributed by atoms with Gasteiger partial charge < -0.3 is 14.8 Å². The van der Waals surface area contributed by atoms with Crippen molar-refractivity contribution in [2.24, 2.45) is 0 Å². The molecule has 1 N–H and O–H groups in total. The van der Waals surface area contributed by atoms with Gasteiger partial charge in [-0.3, -0.25) is 4.79 Å². The van der Waals surface area contributed by atoms with Gasteiger partial charge in [0.05, 0.1) is 18.5 Å². The van der Waals surface area contributed by atoms with E-state index < -0.39 is 12.5 Å². The summed E-state index contributed by atoms with van der Waals surface area (Å²) in [5.74, 6) is -0.244. The highest BCUT2D eigenvalue weighted by molar-refractivity contribution is 6.30. The Balaban J connectivity index is 1.64. The summed E-state index contributed by atoms with van der Waals surface area (Å²) in [5.41, 5.74) is 2.14. The van der Waals surface area contributed by atoms with Crippen molar-refractivity contribution in [2.45, 2.75) is 20.0 Å². The molecule has 0 aliphatic carbocycles. The first-order valence-electron chi connectivity index (χ1n) is 8.97. The van der Waals surface area contributed by atoms with Crippen molar-refractivity contribution in [3.8, 4) is 17.2 Å². The number of aromatic nitrogens is 3. The Bertz CT molecular complexity index is 1040. The molecule has 30 heavy (non-hydrogen) atoms. The van der Waals surface area contributed by atoms with Crippen LogP contribution < -0.4 is 14.8 Å². The van der Waals surface area contributed by atoms with Crippen LogP contribution in [0.3, 0.4) is 0 Å². The van der Waals surface area contributed by atoms with Gasteiger partial charge in [0.15, 0.2) is 17.2 Å². The Kier molecular flexibility index (Phi) is 6.83. The van der Waals surface area contributed by atoms with E-state index in [1.807, 2.05) is 0 Å². The average Bonchev–Trinajstić information content (AvgIpc) is 3.09. The van der Waals surface area contributed by atoms with Crippen LogP contribution in [0.4, 0.5) is 8.78 Å². The zero-order chi connectivity index (χ0) is 21.7. The van der Waals surface area contributed by atoms with E-state index in [1.54, 1.807) is 37.3 Å². The normalized spacial score (nSPS) is 10.9. The van der Waals surface area contributed by atoms with Crippen molar-refractivity contribution in [2.75, 3.05) is 13.7 Å². The average molecular weight is 437 g/mol. The first-order valence-corrected chi connectivity index (χ1v) is 9.35. The molecule has 3 rings (SSSR count). The van der Waals surface area contributed by atoms with Gasteiger partial charge in [-0.2, -0.15) is 8.78 Å². The Morgan fingerprint density at radius 1 is 1.23 bits per heavy atom. The van der Waals surface area contributed by atoms with Crippen LogP contribution >= 0.6 is 11.6 Å². The molecule has 0 spiro atoms. The van der Waals surface area contributed by atoms with E-state index in [4.69, 9.17) is 16.3 Å². The monoisotopic (exact) mass is 436 g/mol. The molecule has 0 saturated heterocycles. The number of amides is 1. The standard InChI is InChI=1S/C20H19ClF2N4O3/c1-12-18(25-26-27(12)15-5-3-4-14(21)11-15)19(28)24-9-8-13-6-7-16(29-2)17(10-13)30-20(22)23/h3-7,10-11,20H,8-9H2,1-2H3,(H,24,28). The van der Waals surface area contributed by atoms with Crippen molar-refractivity contribution in [1.29, 1.82) is 0 Å². The third-order valence-corrected chi connectivity index (χ3v) is 4.54. The molecule has 0 aliphatic heterocycles. The summed E-state index contributed by atoms with van der Waals surface area (Å²) in [5, 5.41) is 11.3. The van der Waals surface area contributed by atoms with Gasteiger partial charge in [0, 0.05) is 11.6 Å². The third kappa shape index (κ3) is 5.04. The van der Waals surface area contributed by atoms with Crippen molar-refractivity contribution in [1.82, 2.24) is 20.3 Å². The quantitative estimate of drug-likeness (QED) is 0.581. The van der Waals surface area contributed by atoms with Crippen LogP contribution in [0.2, 0.25) is 5.02 Å². The number of nitrogens with zero attached hydrogens (tertiary/aromatic N) is 3. The number of carbonyl (C=O) groups excluding carboxylic acids is 1. The minimum Gasteiger partial charge on any atom is -0.493 e. The molecule has 0 bridgehead atoms. The molecule has 7 nitrogen and oxygen atoms in total. The molecular formula is C20H19ClF2N4O3. The summed E-state index contributed by atoms with van der Waals surface area (Å²) in [4.78, 5) is 12.5. The molecule has 0 fully saturated rings. The highest BCUT2D eigenvalue weighted by Gasteiger charge is 2.17. The molecule has 0 aliphatic rings. The highest BCUT2D eigenvalue weighted by Crippen LogP contribution is 2.29. The van der Waals surface area contributed by atoms with Crippen LogP contribution in [0.5, 0.6) is 11.5 Å². The van der Waals surface area contributed by atoms with Gasteiger partial charge in [-0.25, -0.2) is 4.68 Å². The molecule has 0 atom stereocenters. The van der Waals surface area contributed by atoms with Crippen LogP contribution in [-0.4, -0.2) is 41.2 Å². The summed E-state index contributed by atoms with van der Waals surface area (Å²) in [6.07, 6.45) is 0.400. The number of hydrogen-bond acceptors (Lipinski definition) is 5. The number of nitrogens with one attached hydrogen (secondary N) is 1. The van der Waals surface area contributed by atoms with E-state index >= 15 is 0 Å². The molecule has 1 amide bonds. The lowest BCUT2D eigenvalue weighted by atomic mass is 10.1. The molecule has 0 radical (unpaired) electrons. The van der Waals surface area contributed by atoms with Gasteiger partial charge in [-0.05, 0) is 49.2 Å². The predicted octanol–water partition coefficient (Wildman–Crippen LogP) is 3.81. The molecule has 2 aromatic carbocycles. The summed E-state index contributed by atoms with van der Waals surface area (Å²) < 4.78 is 36.1. The van der Waals surface area contributed by atoms with Crippen LogP contribution in [0.1, 0.15) is 21.7 Å². The van der Waals surface area contributed by atoms with Gasteiger partial charge >= 0.3 is 6.61 Å². The van der Waals surface area contributed by atoms with Crippen molar-refractivity contribution in [3.63, 3.8) is 0 Å². The molecular weight excluding hydrogens is 418 g/mol. The first-order chi connectivity index (χ1) is 14.4. The number of carbonyl (C=O) groups is 1. The van der Waals surface area contributed by atoms with E-state index in [0.717, 1.165) is 0 Å². The van der Waals surface area contributed by atoms with Gasteiger partial charge in [-0.15, -0.1) is 5.10 Å². The zero-order valence-electron chi connectivity index (χ0n) is 16.2. The summed E-state index contributed by atoms with van der Waals surface area (Å²) in [6.45, 7) is -0.963. The number of halogens is 3. The number of alkyl halides is 2. The maximum Gasteiger partial charge on any atom is 0.387 e. The van der Waals surface area contributed by atoms with E-state index in [-0.39, 0.29) is 23.7 Å². The molecule has 10 heteroatoms. The van der Waals surface area contributed by atoms with Crippen molar-refractivity contribution in [3.05, 3.63) is 64.4 Å². The van der Waals surface area contributed by atoms with E-state index in [1.165, 1.54) is 23.9 Å². The van der Waals surface area contributed by atoms with Crippen LogP contribution in [0, 0.1) is 6.92 Å². The lowest BCUT2D eigenvalue weighted by molar-refractivity contribution is -0.0512. The van der Waals surface area contributed by atoms with Crippen LogP contribution in [0.15, 0.2) is 42.5 Å². The fraction of sp³-hybridized carbons (Fsp3) is 0.250. The summed E-state index contributed by atoms with van der Waals surface area (Å²) in [6, 6.07) is 11.7. The molecule has 158 valence electrons. The maximum atomic E-state index is 12.5. The Hall–Kier alpha value is -3.20. The smallest absolute Gasteiger partial charge is 0.387 e. The molecule has 1 heterocycles. The number of benzene rings is 2. The van der Waals surface area contributed by atoms with E-state index in [2.05, 4.69) is 20.4 Å². The molecule has 1 aromatic heterocycles. The van der Waals surface area contributed by atoms with Gasteiger partial charge in [-0.1, -0.05) is 28.9 Å². The Labute approximate surface area is 176 Å². The Morgan fingerprint density at radius 2 is 2.03 bits per heavy atom. The number of methoxy groups -OCH3 is 1. The highest BCUT2D eigenvalue weighted by atomic mass is 35.5. The lowest BCUT2D eigenvalue weighted by Crippen LogP contribution is -2.26. The van der Waals surface area contributed by atoms with Crippen molar-refractivity contribution < 1.29 is 23.0 Å². The van der Waals surface area contributed by atoms with Gasteiger partial charge in [0.2, 0.25) is 0 Å². The van der Waals surface area contributed by atoms with Crippen molar-refractivity contribution >= 4 is 17.5 Å². The number of hydrogen-bond donors (Lipinski definition) is 1. The van der Waals surface area contributed by atoms with Gasteiger partial charge in [0.1, 0.15) is 0 Å². The largest absolute Gasteiger partial charge is 0.493 e. The molecule has 0 unspecified atom stereocenters. The number of ether oxygens (including phenoxy) is 2. The minimum atomic E-state index is -2.96. The second kappa shape index (κ2) is 9.53. The maximum absolute atomic E-state index is 12.5. The first kappa shape index (κ1) is 21.5. The minimum absolute atomic E-state index is 0.0587. The third-order valence-electron chi connectivity index (χ3n) is 4.31. The molecule has 0 saturated carbocycles. The SMILES string of the molecule is COc1ccc(CCNC(=O)c2nnn(-c3cccc(Cl)c3)c2C)cc1OC(F)F. The second-order valence-electron chi connectivity index (χ2n) is 6.28. The predicted molar refractivity (Wildman–Crippen MR) is 107 cm³/mol. The number of rotatable bonds is 8. The van der Waals surface area contributed by atoms with Crippen LogP contribution in [0.25, 0.3) is 5.69 Å². The summed E-state index contributed by atoms with van der Waals surface area (Å²) in [7, 11) is 1.37. The molecule has 3 aromatic rings. The zero-order valence-corrected chi connectivity index (χ0v) is 17.0. The topological polar surface area (TPSA) is 78.3 Å². The Morgan fingerprint density at radius 3 is 2.73 bits per heavy atom. The fourth-order valence-corrected chi connectivity index (χ4v) is 3.05. The summed E-state index contributed by atoms with van der Waals surface area (Å²) >= 11 is 6.00. The van der Waals surface area contributed by atoms with E-state index in [0.29, 0.717) is 28.4 Å². The second-order valence-corrected chi connectivity index (χ2v) is 6.72. The van der Waals surface area contributed by atoms with Crippen LogP contribution in [-0.2, 0) is 6.42 Å². The van der Waals surface area contributed by atoms with Gasteiger partial charge in [0.25, 0.3) is 5.91 Å². The van der Waals surface area contributed by atoms with E-state index in [9.17, 15) is 13.6 Å². The lowest BCUT2D eigenvalue weighted by Gasteiger charge is -2.11. The fourth-order valence-electron chi connectivity index (χ4n) is 2.86.